The summed E-state index contributed by atoms with van der Waals surface area (Å²) in [6.07, 6.45) is 3.53. The highest BCUT2D eigenvalue weighted by atomic mass is 16.5. The van der Waals surface area contributed by atoms with Crippen LogP contribution < -0.4 is 4.74 Å². The van der Waals surface area contributed by atoms with E-state index < -0.39 is 0 Å². The van der Waals surface area contributed by atoms with E-state index in [0.29, 0.717) is 11.7 Å². The Labute approximate surface area is 84.1 Å². The first-order valence-electron chi connectivity index (χ1n) is 5.03. The molecule has 1 aliphatic rings. The van der Waals surface area contributed by atoms with Crippen LogP contribution in [-0.2, 0) is 6.42 Å². The Morgan fingerprint density at radius 1 is 1.50 bits per heavy atom. The smallest absolute Gasteiger partial charge is 0.140 e. The molecule has 1 aliphatic carbocycles. The average Bonchev–Trinajstić information content (AvgIpc) is 3.02. The third-order valence-electron chi connectivity index (χ3n) is 2.41. The zero-order valence-electron chi connectivity index (χ0n) is 8.29. The van der Waals surface area contributed by atoms with Gasteiger partial charge >= 0.3 is 0 Å². The second-order valence-electron chi connectivity index (χ2n) is 3.58. The van der Waals surface area contributed by atoms with Gasteiger partial charge in [-0.2, -0.15) is 5.26 Å². The molecule has 0 aromatic heterocycles. The Morgan fingerprint density at radius 2 is 2.29 bits per heavy atom. The van der Waals surface area contributed by atoms with Crippen LogP contribution >= 0.6 is 0 Å². The minimum atomic E-state index is 0.356. The van der Waals surface area contributed by atoms with Gasteiger partial charge in [-0.1, -0.05) is 19.1 Å². The number of aryl methyl sites for hydroxylation is 1. The molecule has 14 heavy (non-hydrogen) atoms. The molecule has 72 valence electrons. The molecule has 0 bridgehead atoms. The minimum absolute atomic E-state index is 0.356. The third-order valence-corrected chi connectivity index (χ3v) is 2.41. The molecule has 0 atom stereocenters. The number of nitriles is 1. The highest BCUT2D eigenvalue weighted by Gasteiger charge is 2.25. The van der Waals surface area contributed by atoms with E-state index in [1.54, 1.807) is 0 Å². The van der Waals surface area contributed by atoms with Crippen LogP contribution in [0.2, 0.25) is 0 Å². The average molecular weight is 187 g/mol. The van der Waals surface area contributed by atoms with E-state index >= 15 is 0 Å². The Balaban J connectivity index is 2.35. The molecule has 1 aromatic rings. The summed E-state index contributed by atoms with van der Waals surface area (Å²) in [4.78, 5) is 0. The van der Waals surface area contributed by atoms with Crippen molar-refractivity contribution in [1.82, 2.24) is 0 Å². The predicted molar refractivity (Wildman–Crippen MR) is 54.2 cm³/mol. The zero-order valence-corrected chi connectivity index (χ0v) is 8.29. The number of nitrogens with zero attached hydrogens (tertiary/aromatic N) is 1. The SMILES string of the molecule is CCc1cccc(C#N)c1OC1CC1. The first kappa shape index (κ1) is 9.08. The number of ether oxygens (including phenoxy) is 1. The van der Waals surface area contributed by atoms with Crippen molar-refractivity contribution in [2.75, 3.05) is 0 Å². The van der Waals surface area contributed by atoms with Crippen molar-refractivity contribution in [3.05, 3.63) is 29.3 Å². The summed E-state index contributed by atoms with van der Waals surface area (Å²) in [5, 5.41) is 8.94. The van der Waals surface area contributed by atoms with Crippen molar-refractivity contribution < 1.29 is 4.74 Å². The van der Waals surface area contributed by atoms with Crippen LogP contribution in [0.5, 0.6) is 5.75 Å². The van der Waals surface area contributed by atoms with Crippen LogP contribution in [0.3, 0.4) is 0 Å². The second kappa shape index (κ2) is 3.71. The van der Waals surface area contributed by atoms with E-state index in [1.807, 2.05) is 18.2 Å². The van der Waals surface area contributed by atoms with Crippen LogP contribution in [0.25, 0.3) is 0 Å². The van der Waals surface area contributed by atoms with E-state index in [1.165, 1.54) is 0 Å². The summed E-state index contributed by atoms with van der Waals surface area (Å²) in [5.41, 5.74) is 1.80. The molecule has 0 radical (unpaired) electrons. The molecule has 0 amide bonds. The van der Waals surface area contributed by atoms with E-state index in [0.717, 1.165) is 30.6 Å². The van der Waals surface area contributed by atoms with Gasteiger partial charge in [0.15, 0.2) is 0 Å². The normalized spacial score (nSPS) is 14.9. The van der Waals surface area contributed by atoms with Crippen molar-refractivity contribution in [2.45, 2.75) is 32.3 Å². The molecule has 0 heterocycles. The quantitative estimate of drug-likeness (QED) is 0.728. The first-order valence-corrected chi connectivity index (χ1v) is 5.03. The molecule has 2 heteroatoms. The van der Waals surface area contributed by atoms with Crippen molar-refractivity contribution in [3.63, 3.8) is 0 Å². The number of hydrogen-bond donors (Lipinski definition) is 0. The summed E-state index contributed by atoms with van der Waals surface area (Å²) in [6, 6.07) is 7.93. The maximum Gasteiger partial charge on any atom is 0.140 e. The second-order valence-corrected chi connectivity index (χ2v) is 3.58. The highest BCUT2D eigenvalue weighted by Crippen LogP contribution is 2.31. The lowest BCUT2D eigenvalue weighted by atomic mass is 10.1. The summed E-state index contributed by atoms with van der Waals surface area (Å²) in [6.45, 7) is 2.08. The van der Waals surface area contributed by atoms with Crippen molar-refractivity contribution in [1.29, 1.82) is 5.26 Å². The van der Waals surface area contributed by atoms with Crippen LogP contribution in [0.1, 0.15) is 30.9 Å². The molecule has 1 saturated carbocycles. The summed E-state index contributed by atoms with van der Waals surface area (Å²) in [5.74, 6) is 0.806. The Morgan fingerprint density at radius 3 is 2.86 bits per heavy atom. The fourth-order valence-electron chi connectivity index (χ4n) is 1.44. The minimum Gasteiger partial charge on any atom is -0.489 e. The fraction of sp³-hybridized carbons (Fsp3) is 0.417. The molecule has 0 N–H and O–H groups in total. The molecule has 0 unspecified atom stereocenters. The van der Waals surface area contributed by atoms with Crippen LogP contribution in [-0.4, -0.2) is 6.10 Å². The number of para-hydroxylation sites is 1. The molecule has 1 aromatic carbocycles. The summed E-state index contributed by atoms with van der Waals surface area (Å²) >= 11 is 0. The van der Waals surface area contributed by atoms with Gasteiger partial charge in [-0.3, -0.25) is 0 Å². The Kier molecular flexibility index (Phi) is 2.41. The van der Waals surface area contributed by atoms with Gasteiger partial charge in [0.25, 0.3) is 0 Å². The van der Waals surface area contributed by atoms with Gasteiger partial charge in [-0.25, -0.2) is 0 Å². The lowest BCUT2D eigenvalue weighted by Crippen LogP contribution is -2.01. The van der Waals surface area contributed by atoms with Gasteiger partial charge in [-0.05, 0) is 30.9 Å². The molecule has 0 aliphatic heterocycles. The lowest BCUT2D eigenvalue weighted by Gasteiger charge is -2.10. The standard InChI is InChI=1S/C12H13NO/c1-2-9-4-3-5-10(8-13)12(9)14-11-6-7-11/h3-5,11H,2,6-7H2,1H3. The lowest BCUT2D eigenvalue weighted by molar-refractivity contribution is 0.299. The molecule has 0 spiro atoms. The van der Waals surface area contributed by atoms with E-state index in [2.05, 4.69) is 13.0 Å². The maximum absolute atomic E-state index is 8.94. The molecule has 0 saturated heterocycles. The topological polar surface area (TPSA) is 33.0 Å². The van der Waals surface area contributed by atoms with Gasteiger partial charge < -0.3 is 4.74 Å². The molecule has 2 rings (SSSR count). The number of benzene rings is 1. The van der Waals surface area contributed by atoms with Gasteiger partial charge in [0, 0.05) is 0 Å². The summed E-state index contributed by atoms with van der Waals surface area (Å²) < 4.78 is 5.75. The summed E-state index contributed by atoms with van der Waals surface area (Å²) in [7, 11) is 0. The zero-order chi connectivity index (χ0) is 9.97. The third kappa shape index (κ3) is 1.72. The van der Waals surface area contributed by atoms with Gasteiger partial charge in [0.05, 0.1) is 11.7 Å². The van der Waals surface area contributed by atoms with Crippen molar-refractivity contribution in [2.24, 2.45) is 0 Å². The maximum atomic E-state index is 8.94. The Hall–Kier alpha value is -1.49. The number of hydrogen-bond acceptors (Lipinski definition) is 2. The van der Waals surface area contributed by atoms with Crippen LogP contribution in [0.4, 0.5) is 0 Å². The monoisotopic (exact) mass is 187 g/mol. The molecule has 1 fully saturated rings. The predicted octanol–water partition coefficient (Wildman–Crippen LogP) is 2.66. The van der Waals surface area contributed by atoms with E-state index in [9.17, 15) is 0 Å². The van der Waals surface area contributed by atoms with E-state index in [4.69, 9.17) is 10.00 Å². The van der Waals surface area contributed by atoms with Gasteiger partial charge in [-0.15, -0.1) is 0 Å². The molecular weight excluding hydrogens is 174 g/mol. The fourth-order valence-corrected chi connectivity index (χ4v) is 1.44. The number of rotatable bonds is 3. The van der Waals surface area contributed by atoms with Crippen LogP contribution in [0.15, 0.2) is 18.2 Å². The first-order chi connectivity index (χ1) is 6.85. The van der Waals surface area contributed by atoms with Crippen LogP contribution in [0, 0.1) is 11.3 Å². The molecular formula is C12H13NO. The highest BCUT2D eigenvalue weighted by molar-refractivity contribution is 5.48. The van der Waals surface area contributed by atoms with Crippen molar-refractivity contribution in [3.8, 4) is 11.8 Å². The van der Waals surface area contributed by atoms with Gasteiger partial charge in [0.2, 0.25) is 0 Å². The van der Waals surface area contributed by atoms with Crippen molar-refractivity contribution >= 4 is 0 Å². The largest absolute Gasteiger partial charge is 0.489 e. The van der Waals surface area contributed by atoms with Gasteiger partial charge in [0.1, 0.15) is 11.8 Å². The Bertz CT molecular complexity index is 374. The van der Waals surface area contributed by atoms with E-state index in [-0.39, 0.29) is 0 Å². The molecule has 2 nitrogen and oxygen atoms in total.